The summed E-state index contributed by atoms with van der Waals surface area (Å²) in [6.07, 6.45) is 2.09. The first-order valence-corrected chi connectivity index (χ1v) is 8.96. The second kappa shape index (κ2) is 7.85. The largest absolute Gasteiger partial charge is 0.495 e. The van der Waals surface area contributed by atoms with Crippen LogP contribution in [-0.2, 0) is 11.2 Å². The van der Waals surface area contributed by atoms with Crippen molar-refractivity contribution < 1.29 is 14.3 Å². The van der Waals surface area contributed by atoms with Crippen LogP contribution in [0.2, 0.25) is 5.02 Å². The van der Waals surface area contributed by atoms with E-state index in [0.717, 1.165) is 17.0 Å². The number of nitrogens with two attached hydrogens (primary N) is 1. The summed E-state index contributed by atoms with van der Waals surface area (Å²) >= 11 is 5.99. The number of rotatable bonds is 6. The number of carbonyl (C=O) groups excluding carboxylic acids is 2. The number of nitrogens with zero attached hydrogens (tertiary/aromatic N) is 3. The van der Waals surface area contributed by atoms with E-state index >= 15 is 0 Å². The van der Waals surface area contributed by atoms with Crippen molar-refractivity contribution in [3.63, 3.8) is 0 Å². The number of fused-ring (bicyclic) bond motifs is 1. The first-order valence-electron chi connectivity index (χ1n) is 8.58. The van der Waals surface area contributed by atoms with Crippen molar-refractivity contribution in [2.24, 2.45) is 5.73 Å². The lowest BCUT2D eigenvalue weighted by Crippen LogP contribution is -2.15. The summed E-state index contributed by atoms with van der Waals surface area (Å²) in [4.78, 5) is 28.4. The highest BCUT2D eigenvalue weighted by Gasteiger charge is 2.17. The van der Waals surface area contributed by atoms with Crippen LogP contribution in [0.4, 0.5) is 5.69 Å². The molecule has 28 heavy (non-hydrogen) atoms. The Labute approximate surface area is 166 Å². The number of benzene rings is 1. The third-order valence-electron chi connectivity index (χ3n) is 4.51. The predicted molar refractivity (Wildman–Crippen MR) is 106 cm³/mol. The molecule has 2 amide bonds. The van der Waals surface area contributed by atoms with Gasteiger partial charge in [0.25, 0.3) is 5.91 Å². The van der Waals surface area contributed by atoms with Crippen LogP contribution in [-0.4, -0.2) is 33.5 Å². The maximum Gasteiger partial charge on any atom is 0.254 e. The molecule has 0 aliphatic carbocycles. The lowest BCUT2D eigenvalue weighted by Gasteiger charge is -2.13. The lowest BCUT2D eigenvalue weighted by molar-refractivity contribution is -0.116. The molecule has 0 aliphatic heterocycles. The minimum Gasteiger partial charge on any atom is -0.495 e. The number of methoxy groups -OCH3 is 1. The summed E-state index contributed by atoms with van der Waals surface area (Å²) in [5.41, 5.74) is 8.98. The normalized spacial score (nSPS) is 10.9. The highest BCUT2D eigenvalue weighted by Crippen LogP contribution is 2.28. The van der Waals surface area contributed by atoms with E-state index in [-0.39, 0.29) is 17.9 Å². The molecule has 0 fully saturated rings. The molecule has 0 bridgehead atoms. The van der Waals surface area contributed by atoms with Crippen LogP contribution in [0.5, 0.6) is 5.75 Å². The Balaban J connectivity index is 1.79. The van der Waals surface area contributed by atoms with Gasteiger partial charge in [0.2, 0.25) is 5.91 Å². The van der Waals surface area contributed by atoms with Crippen molar-refractivity contribution in [2.45, 2.75) is 26.7 Å². The van der Waals surface area contributed by atoms with Crippen LogP contribution in [0.15, 0.2) is 24.4 Å². The molecule has 8 nitrogen and oxygen atoms in total. The smallest absolute Gasteiger partial charge is 0.254 e. The van der Waals surface area contributed by atoms with E-state index < -0.39 is 5.91 Å². The molecule has 9 heteroatoms. The van der Waals surface area contributed by atoms with E-state index in [0.29, 0.717) is 28.5 Å². The molecular formula is C19H20ClN5O3. The summed E-state index contributed by atoms with van der Waals surface area (Å²) in [5, 5.41) is 7.51. The van der Waals surface area contributed by atoms with Gasteiger partial charge in [-0.1, -0.05) is 11.6 Å². The van der Waals surface area contributed by atoms with E-state index in [4.69, 9.17) is 22.1 Å². The Bertz CT molecular complexity index is 1080. The van der Waals surface area contributed by atoms with Gasteiger partial charge in [-0.2, -0.15) is 5.10 Å². The van der Waals surface area contributed by atoms with Gasteiger partial charge in [0, 0.05) is 22.8 Å². The van der Waals surface area contributed by atoms with Gasteiger partial charge in [-0.3, -0.25) is 9.59 Å². The molecule has 3 aromatic rings. The topological polar surface area (TPSA) is 112 Å². The Morgan fingerprint density at radius 1 is 1.32 bits per heavy atom. The molecule has 2 aromatic heterocycles. The SMILES string of the molecule is COc1ccc(Cl)cc1NC(=O)CCc1c(C)nc2c(C(N)=O)cnn2c1C. The summed E-state index contributed by atoms with van der Waals surface area (Å²) < 4.78 is 6.81. The first-order chi connectivity index (χ1) is 13.3. The number of amides is 2. The summed E-state index contributed by atoms with van der Waals surface area (Å²) in [5.74, 6) is -0.231. The average molecular weight is 402 g/mol. The second-order valence-corrected chi connectivity index (χ2v) is 6.75. The van der Waals surface area contributed by atoms with Crippen molar-refractivity contribution in [1.82, 2.24) is 14.6 Å². The van der Waals surface area contributed by atoms with Gasteiger partial charge in [-0.15, -0.1) is 0 Å². The lowest BCUT2D eigenvalue weighted by atomic mass is 10.1. The molecule has 3 N–H and O–H groups in total. The van der Waals surface area contributed by atoms with Crippen molar-refractivity contribution in [3.8, 4) is 5.75 Å². The van der Waals surface area contributed by atoms with Crippen molar-refractivity contribution in [3.05, 3.63) is 51.9 Å². The zero-order chi connectivity index (χ0) is 20.4. The fraction of sp³-hybridized carbons (Fsp3) is 0.263. The molecule has 146 valence electrons. The second-order valence-electron chi connectivity index (χ2n) is 6.31. The molecule has 1 aromatic carbocycles. The van der Waals surface area contributed by atoms with Gasteiger partial charge in [-0.25, -0.2) is 9.50 Å². The maximum atomic E-state index is 12.4. The number of halogens is 1. The van der Waals surface area contributed by atoms with Gasteiger partial charge in [0.05, 0.1) is 19.0 Å². The summed E-state index contributed by atoms with van der Waals surface area (Å²) in [6.45, 7) is 3.70. The van der Waals surface area contributed by atoms with Gasteiger partial charge >= 0.3 is 0 Å². The Kier molecular flexibility index (Phi) is 5.51. The van der Waals surface area contributed by atoms with Crippen molar-refractivity contribution >= 4 is 34.7 Å². The monoisotopic (exact) mass is 401 g/mol. The Morgan fingerprint density at radius 2 is 2.07 bits per heavy atom. The zero-order valence-corrected chi connectivity index (χ0v) is 16.5. The molecule has 2 heterocycles. The third kappa shape index (κ3) is 3.77. The Hall–Kier alpha value is -3.13. The van der Waals surface area contributed by atoms with Gasteiger partial charge in [0.1, 0.15) is 11.3 Å². The van der Waals surface area contributed by atoms with Gasteiger partial charge in [0.15, 0.2) is 5.65 Å². The number of ether oxygens (including phenoxy) is 1. The molecule has 0 aliphatic rings. The van der Waals surface area contributed by atoms with Gasteiger partial charge < -0.3 is 15.8 Å². The fourth-order valence-corrected chi connectivity index (χ4v) is 3.25. The molecule has 0 saturated carbocycles. The van der Waals surface area contributed by atoms with Crippen LogP contribution < -0.4 is 15.8 Å². The minimum atomic E-state index is -0.580. The first kappa shape index (κ1) is 19.6. The van der Waals surface area contributed by atoms with Crippen LogP contribution in [0, 0.1) is 13.8 Å². The van der Waals surface area contributed by atoms with E-state index in [2.05, 4.69) is 15.4 Å². The molecule has 0 radical (unpaired) electrons. The zero-order valence-electron chi connectivity index (χ0n) is 15.7. The summed E-state index contributed by atoms with van der Waals surface area (Å²) in [7, 11) is 1.52. The maximum absolute atomic E-state index is 12.4. The summed E-state index contributed by atoms with van der Waals surface area (Å²) in [6, 6.07) is 5.02. The number of aromatic nitrogens is 3. The predicted octanol–water partition coefficient (Wildman–Crippen LogP) is 2.68. The average Bonchev–Trinajstić information content (AvgIpc) is 3.06. The minimum absolute atomic E-state index is 0.183. The van der Waals surface area contributed by atoms with Crippen LogP contribution in [0.1, 0.15) is 33.7 Å². The molecule has 3 rings (SSSR count). The third-order valence-corrected chi connectivity index (χ3v) is 4.75. The van der Waals surface area contributed by atoms with E-state index in [1.54, 1.807) is 22.7 Å². The number of carbonyl (C=O) groups is 2. The fourth-order valence-electron chi connectivity index (χ4n) is 3.08. The molecule has 0 spiro atoms. The number of aryl methyl sites for hydroxylation is 2. The van der Waals surface area contributed by atoms with E-state index in [9.17, 15) is 9.59 Å². The van der Waals surface area contributed by atoms with Crippen LogP contribution in [0.3, 0.4) is 0 Å². The number of hydrogen-bond acceptors (Lipinski definition) is 5. The van der Waals surface area contributed by atoms with Crippen LogP contribution in [0.25, 0.3) is 5.65 Å². The molecule has 0 unspecified atom stereocenters. The number of hydrogen-bond donors (Lipinski definition) is 2. The molecule has 0 atom stereocenters. The number of primary amides is 1. The van der Waals surface area contributed by atoms with E-state index in [1.165, 1.54) is 13.3 Å². The molecule has 0 saturated heterocycles. The number of anilines is 1. The highest BCUT2D eigenvalue weighted by molar-refractivity contribution is 6.31. The Morgan fingerprint density at radius 3 is 2.75 bits per heavy atom. The quantitative estimate of drug-likeness (QED) is 0.659. The number of nitrogens with one attached hydrogen (secondary N) is 1. The highest BCUT2D eigenvalue weighted by atomic mass is 35.5. The van der Waals surface area contributed by atoms with Gasteiger partial charge in [-0.05, 0) is 44.0 Å². The van der Waals surface area contributed by atoms with Crippen molar-refractivity contribution in [1.29, 1.82) is 0 Å². The van der Waals surface area contributed by atoms with Crippen LogP contribution >= 0.6 is 11.6 Å². The van der Waals surface area contributed by atoms with E-state index in [1.807, 2.05) is 13.8 Å². The van der Waals surface area contributed by atoms with Crippen molar-refractivity contribution in [2.75, 3.05) is 12.4 Å². The molecular weight excluding hydrogens is 382 g/mol. The standard InChI is InChI=1S/C19H20ClN5O3/c1-10-13(11(2)25-19(23-10)14(9-22-25)18(21)27)5-7-17(26)24-15-8-12(20)4-6-16(15)28-3/h4,6,8-9H,5,7H2,1-3H3,(H2,21,27)(H,24,26).